The number of rotatable bonds is 5. The number of aliphatic hydroxyl groups is 1. The lowest BCUT2D eigenvalue weighted by Crippen LogP contribution is -2.26. The molecular formula is C16H20O2. The maximum Gasteiger partial charge on any atom is 0.147 e. The molecule has 96 valence electrons. The summed E-state index contributed by atoms with van der Waals surface area (Å²) in [5.41, 5.74) is -0.112. The molecule has 2 nitrogen and oxygen atoms in total. The van der Waals surface area contributed by atoms with E-state index in [2.05, 4.69) is 6.92 Å². The fraction of sp³-hybridized carbons (Fsp3) is 0.375. The first-order valence-corrected chi connectivity index (χ1v) is 6.51. The van der Waals surface area contributed by atoms with Crippen LogP contribution >= 0.6 is 0 Å². The van der Waals surface area contributed by atoms with Gasteiger partial charge in [-0.2, -0.15) is 0 Å². The summed E-state index contributed by atoms with van der Waals surface area (Å²) in [7, 11) is 0. The number of furan rings is 1. The molecule has 0 aliphatic rings. The molecule has 0 fully saturated rings. The molecule has 0 spiro atoms. The van der Waals surface area contributed by atoms with Crippen LogP contribution in [-0.2, 0) is 5.60 Å². The van der Waals surface area contributed by atoms with E-state index in [0.29, 0.717) is 12.2 Å². The van der Waals surface area contributed by atoms with Gasteiger partial charge < -0.3 is 9.52 Å². The Hall–Kier alpha value is -1.54. The zero-order chi connectivity index (χ0) is 13.0. The zero-order valence-electron chi connectivity index (χ0n) is 11.0. The Morgan fingerprint density at radius 2 is 1.83 bits per heavy atom. The third-order valence-electron chi connectivity index (χ3n) is 3.29. The topological polar surface area (TPSA) is 33.4 Å². The minimum atomic E-state index is -1.01. The number of unbranched alkanes of at least 4 members (excludes halogenated alkanes) is 1. The lowest BCUT2D eigenvalue weighted by Gasteiger charge is -2.26. The maximum atomic E-state index is 11.0. The Morgan fingerprint density at radius 3 is 2.39 bits per heavy atom. The highest BCUT2D eigenvalue weighted by Crippen LogP contribution is 2.35. The van der Waals surface area contributed by atoms with Crippen LogP contribution in [0.4, 0.5) is 0 Å². The van der Waals surface area contributed by atoms with Crippen molar-refractivity contribution in [1.29, 1.82) is 0 Å². The second kappa shape index (κ2) is 5.40. The fourth-order valence-corrected chi connectivity index (χ4v) is 2.21. The first-order valence-electron chi connectivity index (χ1n) is 6.51. The van der Waals surface area contributed by atoms with Crippen LogP contribution in [0.3, 0.4) is 0 Å². The minimum absolute atomic E-state index is 0.639. The predicted molar refractivity (Wildman–Crippen MR) is 72.4 cm³/mol. The molecule has 0 saturated heterocycles. The van der Waals surface area contributed by atoms with Crippen molar-refractivity contribution in [2.45, 2.75) is 38.7 Å². The molecule has 0 aliphatic carbocycles. The molecule has 2 aromatic rings. The van der Waals surface area contributed by atoms with E-state index in [1.54, 1.807) is 0 Å². The zero-order valence-corrected chi connectivity index (χ0v) is 11.0. The molecule has 1 heterocycles. The predicted octanol–water partition coefficient (Wildman–Crippen LogP) is 4.01. The second-order valence-corrected chi connectivity index (χ2v) is 4.74. The van der Waals surface area contributed by atoms with Crippen LogP contribution in [0.1, 0.15) is 43.3 Å². The van der Waals surface area contributed by atoms with Crippen molar-refractivity contribution in [3.05, 3.63) is 59.5 Å². The van der Waals surface area contributed by atoms with Crippen LogP contribution in [0.25, 0.3) is 0 Å². The molecule has 0 aliphatic heterocycles. The van der Waals surface area contributed by atoms with Crippen LogP contribution in [0, 0.1) is 6.92 Å². The van der Waals surface area contributed by atoms with Crippen molar-refractivity contribution in [2.75, 3.05) is 0 Å². The molecule has 0 radical (unpaired) electrons. The highest BCUT2D eigenvalue weighted by molar-refractivity contribution is 5.31. The van der Waals surface area contributed by atoms with Gasteiger partial charge in [0.15, 0.2) is 0 Å². The fourth-order valence-electron chi connectivity index (χ4n) is 2.21. The molecule has 1 aromatic heterocycles. The molecule has 1 aromatic carbocycles. The largest absolute Gasteiger partial charge is 0.463 e. The lowest BCUT2D eigenvalue weighted by atomic mass is 9.86. The Bertz CT molecular complexity index is 487. The van der Waals surface area contributed by atoms with E-state index in [1.807, 2.05) is 49.4 Å². The van der Waals surface area contributed by atoms with Gasteiger partial charge in [-0.15, -0.1) is 0 Å². The SMILES string of the molecule is CCCCC(O)(c1ccccc1)c1ccc(C)o1. The summed E-state index contributed by atoms with van der Waals surface area (Å²) in [5, 5.41) is 11.0. The van der Waals surface area contributed by atoms with Crippen LogP contribution in [0.2, 0.25) is 0 Å². The number of benzene rings is 1. The van der Waals surface area contributed by atoms with Crippen molar-refractivity contribution in [3.8, 4) is 0 Å². The average molecular weight is 244 g/mol. The summed E-state index contributed by atoms with van der Waals surface area (Å²) in [4.78, 5) is 0. The standard InChI is InChI=1S/C16H20O2/c1-3-4-12-16(17,14-8-6-5-7-9-14)15-11-10-13(2)18-15/h5-11,17H,3-4,12H2,1-2H3. The van der Waals surface area contributed by atoms with Crippen molar-refractivity contribution in [3.63, 3.8) is 0 Å². The van der Waals surface area contributed by atoms with Gasteiger partial charge in [-0.05, 0) is 31.0 Å². The Morgan fingerprint density at radius 1 is 1.11 bits per heavy atom. The number of hydrogen-bond acceptors (Lipinski definition) is 2. The summed E-state index contributed by atoms with van der Waals surface area (Å²) < 4.78 is 5.65. The highest BCUT2D eigenvalue weighted by atomic mass is 16.4. The Kier molecular flexibility index (Phi) is 3.87. The van der Waals surface area contributed by atoms with Crippen molar-refractivity contribution in [1.82, 2.24) is 0 Å². The van der Waals surface area contributed by atoms with E-state index in [4.69, 9.17) is 4.42 Å². The van der Waals surface area contributed by atoms with Crippen LogP contribution < -0.4 is 0 Å². The van der Waals surface area contributed by atoms with Gasteiger partial charge in [0.1, 0.15) is 17.1 Å². The quantitative estimate of drug-likeness (QED) is 0.862. The van der Waals surface area contributed by atoms with Gasteiger partial charge in [0.05, 0.1) is 0 Å². The molecule has 0 amide bonds. The molecular weight excluding hydrogens is 224 g/mol. The Balaban J connectivity index is 2.40. The monoisotopic (exact) mass is 244 g/mol. The first-order chi connectivity index (χ1) is 8.66. The van der Waals surface area contributed by atoms with Gasteiger partial charge in [-0.3, -0.25) is 0 Å². The number of aryl methyl sites for hydroxylation is 1. The van der Waals surface area contributed by atoms with E-state index in [0.717, 1.165) is 24.2 Å². The summed E-state index contributed by atoms with van der Waals surface area (Å²) in [6, 6.07) is 13.5. The first kappa shape index (κ1) is 12.9. The molecule has 2 heteroatoms. The average Bonchev–Trinajstić information content (AvgIpc) is 2.84. The minimum Gasteiger partial charge on any atom is -0.463 e. The highest BCUT2D eigenvalue weighted by Gasteiger charge is 2.33. The molecule has 0 bridgehead atoms. The van der Waals surface area contributed by atoms with Crippen molar-refractivity contribution in [2.24, 2.45) is 0 Å². The lowest BCUT2D eigenvalue weighted by molar-refractivity contribution is 0.0446. The molecule has 1 N–H and O–H groups in total. The molecule has 2 rings (SSSR count). The van der Waals surface area contributed by atoms with Crippen molar-refractivity contribution < 1.29 is 9.52 Å². The second-order valence-electron chi connectivity index (χ2n) is 4.74. The smallest absolute Gasteiger partial charge is 0.147 e. The van der Waals surface area contributed by atoms with Crippen LogP contribution in [0.15, 0.2) is 46.9 Å². The van der Waals surface area contributed by atoms with E-state index in [1.165, 1.54) is 0 Å². The molecule has 1 unspecified atom stereocenters. The van der Waals surface area contributed by atoms with Crippen molar-refractivity contribution >= 4 is 0 Å². The van der Waals surface area contributed by atoms with Gasteiger partial charge in [0.2, 0.25) is 0 Å². The maximum absolute atomic E-state index is 11.0. The van der Waals surface area contributed by atoms with E-state index < -0.39 is 5.60 Å². The summed E-state index contributed by atoms with van der Waals surface area (Å²) in [6.07, 6.45) is 2.69. The van der Waals surface area contributed by atoms with E-state index >= 15 is 0 Å². The molecule has 1 atom stereocenters. The van der Waals surface area contributed by atoms with Gasteiger partial charge in [-0.1, -0.05) is 50.1 Å². The Labute approximate surface area is 108 Å². The third kappa shape index (κ3) is 2.49. The van der Waals surface area contributed by atoms with Crippen LogP contribution in [-0.4, -0.2) is 5.11 Å². The number of hydrogen-bond donors (Lipinski definition) is 1. The molecule has 18 heavy (non-hydrogen) atoms. The summed E-state index contributed by atoms with van der Waals surface area (Å²) in [5.74, 6) is 1.47. The summed E-state index contributed by atoms with van der Waals surface area (Å²) in [6.45, 7) is 4.02. The van der Waals surface area contributed by atoms with Gasteiger partial charge in [-0.25, -0.2) is 0 Å². The van der Waals surface area contributed by atoms with E-state index in [9.17, 15) is 5.11 Å². The van der Waals surface area contributed by atoms with E-state index in [-0.39, 0.29) is 0 Å². The van der Waals surface area contributed by atoms with Gasteiger partial charge in [0, 0.05) is 0 Å². The molecule has 0 saturated carbocycles. The summed E-state index contributed by atoms with van der Waals surface area (Å²) >= 11 is 0. The van der Waals surface area contributed by atoms with Crippen LogP contribution in [0.5, 0.6) is 0 Å². The normalized spacial score (nSPS) is 14.4. The van der Waals surface area contributed by atoms with Gasteiger partial charge in [0.25, 0.3) is 0 Å². The van der Waals surface area contributed by atoms with Gasteiger partial charge >= 0.3 is 0 Å². The third-order valence-corrected chi connectivity index (χ3v) is 3.29.